The number of hydrogen-bond donors (Lipinski definition) is 2. The van der Waals surface area contributed by atoms with Crippen molar-refractivity contribution in [3.05, 3.63) is 71.4 Å². The monoisotopic (exact) mass is 515 g/mol. The number of aliphatic imine (C=N–C) groups is 1. The molecule has 0 aliphatic carbocycles. The van der Waals surface area contributed by atoms with Crippen molar-refractivity contribution >= 4 is 17.6 Å². The molecule has 3 aromatic rings. The molecule has 1 fully saturated rings. The smallest absolute Gasteiger partial charge is 0.277 e. The van der Waals surface area contributed by atoms with Crippen molar-refractivity contribution in [2.75, 3.05) is 6.54 Å². The van der Waals surface area contributed by atoms with Crippen LogP contribution in [0.4, 0.5) is 0 Å². The average Bonchev–Trinajstić information content (AvgIpc) is 3.57. The number of aryl methyl sites for hydroxylation is 2. The standard InChI is InChI=1S/C29H33N5O4/c1-16(2)25(24-13-17(3)33-38-24)27(36)34-15-21(35)14-23(34)26-31-28(37)29(5,32-26)20-10-8-19(9-11-20)22-7-6-12-30-18(22)4/h6-13,16,21,23,25,35H,14-15H2,1-5H3,(H,31,32,37)/t21-,23-,25?,29+/m1/s1. The van der Waals surface area contributed by atoms with Gasteiger partial charge in [0.1, 0.15) is 23.1 Å². The molecule has 5 rings (SSSR count). The van der Waals surface area contributed by atoms with Crippen LogP contribution in [0.25, 0.3) is 11.1 Å². The number of nitrogens with one attached hydrogen (secondary N) is 1. The fourth-order valence-electron chi connectivity index (χ4n) is 5.45. The van der Waals surface area contributed by atoms with Crippen molar-refractivity contribution in [1.29, 1.82) is 0 Å². The predicted molar refractivity (Wildman–Crippen MR) is 142 cm³/mol. The van der Waals surface area contributed by atoms with Gasteiger partial charge in [-0.1, -0.05) is 49.3 Å². The van der Waals surface area contributed by atoms with Gasteiger partial charge in [0.25, 0.3) is 5.91 Å². The molecule has 2 aliphatic rings. The molecular formula is C29H33N5O4. The lowest BCUT2D eigenvalue weighted by atomic mass is 9.90. The molecule has 9 heteroatoms. The summed E-state index contributed by atoms with van der Waals surface area (Å²) in [6.07, 6.45) is 1.33. The molecule has 2 amide bonds. The quantitative estimate of drug-likeness (QED) is 0.515. The number of amides is 2. The SMILES string of the molecule is Cc1cc(C(C(=O)N2C[C@H](O)C[C@@H]2C2=NC(=O)[C@](C)(c3ccc(-c4cccnc4C)cc3)N2)C(C)C)on1. The van der Waals surface area contributed by atoms with Crippen LogP contribution in [0.2, 0.25) is 0 Å². The van der Waals surface area contributed by atoms with Gasteiger partial charge in [-0.2, -0.15) is 4.99 Å². The molecule has 1 unspecified atom stereocenters. The Morgan fingerprint density at radius 3 is 2.58 bits per heavy atom. The van der Waals surface area contributed by atoms with Gasteiger partial charge in [-0.3, -0.25) is 14.6 Å². The maximum atomic E-state index is 13.8. The second-order valence-corrected chi connectivity index (χ2v) is 10.8. The topological polar surface area (TPSA) is 121 Å². The highest BCUT2D eigenvalue weighted by Gasteiger charge is 2.48. The predicted octanol–water partition coefficient (Wildman–Crippen LogP) is 3.50. The molecular weight excluding hydrogens is 482 g/mol. The van der Waals surface area contributed by atoms with E-state index in [1.165, 1.54) is 0 Å². The zero-order chi connectivity index (χ0) is 27.2. The van der Waals surface area contributed by atoms with E-state index in [1.807, 2.05) is 64.1 Å². The number of nitrogens with zero attached hydrogens (tertiary/aromatic N) is 4. The van der Waals surface area contributed by atoms with Gasteiger partial charge in [0, 0.05) is 36.5 Å². The number of hydrogen-bond acceptors (Lipinski definition) is 7. The van der Waals surface area contributed by atoms with Crippen molar-refractivity contribution in [2.45, 2.75) is 64.6 Å². The Balaban J connectivity index is 1.39. The van der Waals surface area contributed by atoms with E-state index in [-0.39, 0.29) is 24.3 Å². The van der Waals surface area contributed by atoms with Crippen molar-refractivity contribution < 1.29 is 19.2 Å². The summed E-state index contributed by atoms with van der Waals surface area (Å²) < 4.78 is 5.45. The summed E-state index contributed by atoms with van der Waals surface area (Å²) in [5.74, 6) is -0.242. The molecule has 1 aromatic carbocycles. The van der Waals surface area contributed by atoms with E-state index in [4.69, 9.17) is 4.52 Å². The fraction of sp³-hybridized carbons (Fsp3) is 0.414. The molecule has 1 saturated heterocycles. The van der Waals surface area contributed by atoms with Gasteiger partial charge in [0.15, 0.2) is 0 Å². The number of amidine groups is 1. The fourth-order valence-corrected chi connectivity index (χ4v) is 5.45. The van der Waals surface area contributed by atoms with E-state index < -0.39 is 23.6 Å². The van der Waals surface area contributed by atoms with Gasteiger partial charge in [-0.05, 0) is 43.9 Å². The number of β-amino-alcohol motifs (C(OH)–C–C–N with tert-alkyl or cyclic N) is 1. The molecule has 4 atom stereocenters. The van der Waals surface area contributed by atoms with E-state index in [1.54, 1.807) is 24.1 Å². The highest BCUT2D eigenvalue weighted by molar-refractivity contribution is 6.09. The number of pyridine rings is 1. The van der Waals surface area contributed by atoms with Crippen LogP contribution in [0.15, 0.2) is 58.2 Å². The Bertz CT molecular complexity index is 1400. The number of likely N-dealkylation sites (tertiary alicyclic amines) is 1. The number of carbonyl (C=O) groups excluding carboxylic acids is 2. The molecule has 2 N–H and O–H groups in total. The van der Waals surface area contributed by atoms with Crippen molar-refractivity contribution in [1.82, 2.24) is 20.4 Å². The Labute approximate surface area is 222 Å². The number of aromatic nitrogens is 2. The first-order valence-corrected chi connectivity index (χ1v) is 12.9. The Morgan fingerprint density at radius 1 is 1.21 bits per heavy atom. The molecule has 0 saturated carbocycles. The van der Waals surface area contributed by atoms with Crippen LogP contribution < -0.4 is 5.32 Å². The average molecular weight is 516 g/mol. The number of aliphatic hydroxyl groups excluding tert-OH is 1. The van der Waals surface area contributed by atoms with Gasteiger partial charge in [-0.15, -0.1) is 0 Å². The van der Waals surface area contributed by atoms with Gasteiger partial charge >= 0.3 is 0 Å². The van der Waals surface area contributed by atoms with Gasteiger partial charge in [0.2, 0.25) is 5.91 Å². The lowest BCUT2D eigenvalue weighted by Gasteiger charge is -2.31. The number of aliphatic hydroxyl groups is 1. The molecule has 198 valence electrons. The summed E-state index contributed by atoms with van der Waals surface area (Å²) in [7, 11) is 0. The summed E-state index contributed by atoms with van der Waals surface area (Å²) in [6, 6.07) is 12.9. The molecule has 0 spiro atoms. The first-order chi connectivity index (χ1) is 18.1. The largest absolute Gasteiger partial charge is 0.391 e. The van der Waals surface area contributed by atoms with Crippen LogP contribution in [-0.4, -0.2) is 56.5 Å². The third kappa shape index (κ3) is 4.51. The van der Waals surface area contributed by atoms with Crippen LogP contribution in [0, 0.1) is 19.8 Å². The van der Waals surface area contributed by atoms with E-state index in [2.05, 4.69) is 20.4 Å². The maximum absolute atomic E-state index is 13.8. The van der Waals surface area contributed by atoms with Crippen LogP contribution >= 0.6 is 0 Å². The second kappa shape index (κ2) is 9.79. The summed E-state index contributed by atoms with van der Waals surface area (Å²) in [4.78, 5) is 37.4. The summed E-state index contributed by atoms with van der Waals surface area (Å²) in [5.41, 5.74) is 3.34. The Morgan fingerprint density at radius 2 is 1.95 bits per heavy atom. The highest BCUT2D eigenvalue weighted by atomic mass is 16.5. The van der Waals surface area contributed by atoms with Gasteiger partial charge in [-0.25, -0.2) is 0 Å². The number of benzene rings is 1. The number of carbonyl (C=O) groups is 2. The van der Waals surface area contributed by atoms with Crippen molar-refractivity contribution in [3.8, 4) is 11.1 Å². The minimum Gasteiger partial charge on any atom is -0.391 e. The number of rotatable bonds is 6. The van der Waals surface area contributed by atoms with Crippen molar-refractivity contribution in [3.63, 3.8) is 0 Å². The molecule has 2 aromatic heterocycles. The normalized spacial score (nSPS) is 24.0. The van der Waals surface area contributed by atoms with E-state index >= 15 is 0 Å². The molecule has 2 aliphatic heterocycles. The van der Waals surface area contributed by atoms with Crippen molar-refractivity contribution in [2.24, 2.45) is 10.9 Å². The molecule has 0 radical (unpaired) electrons. The second-order valence-electron chi connectivity index (χ2n) is 10.8. The molecule has 0 bridgehead atoms. The van der Waals surface area contributed by atoms with Gasteiger partial charge < -0.3 is 19.8 Å². The minimum atomic E-state index is -1.08. The summed E-state index contributed by atoms with van der Waals surface area (Å²) >= 11 is 0. The maximum Gasteiger partial charge on any atom is 0.277 e. The first-order valence-electron chi connectivity index (χ1n) is 12.9. The minimum absolute atomic E-state index is 0.0550. The van der Waals surface area contributed by atoms with Crippen LogP contribution in [-0.2, 0) is 15.1 Å². The zero-order valence-corrected chi connectivity index (χ0v) is 22.3. The highest BCUT2D eigenvalue weighted by Crippen LogP contribution is 2.34. The lowest BCUT2D eigenvalue weighted by Crippen LogP contribution is -2.51. The van der Waals surface area contributed by atoms with Crippen LogP contribution in [0.5, 0.6) is 0 Å². The van der Waals surface area contributed by atoms with E-state index in [9.17, 15) is 14.7 Å². The van der Waals surface area contributed by atoms with Gasteiger partial charge in [0.05, 0.1) is 17.8 Å². The van der Waals surface area contributed by atoms with Crippen LogP contribution in [0.1, 0.15) is 55.8 Å². The van der Waals surface area contributed by atoms with Crippen LogP contribution in [0.3, 0.4) is 0 Å². The third-order valence-corrected chi connectivity index (χ3v) is 7.57. The Kier molecular flexibility index (Phi) is 6.65. The summed E-state index contributed by atoms with van der Waals surface area (Å²) in [5, 5.41) is 17.8. The lowest BCUT2D eigenvalue weighted by molar-refractivity contribution is -0.134. The Hall–Kier alpha value is -3.85. The van der Waals surface area contributed by atoms with E-state index in [0.717, 1.165) is 22.4 Å². The molecule has 38 heavy (non-hydrogen) atoms. The van der Waals surface area contributed by atoms with E-state index in [0.29, 0.717) is 23.7 Å². The third-order valence-electron chi connectivity index (χ3n) is 7.57. The molecule has 4 heterocycles. The summed E-state index contributed by atoms with van der Waals surface area (Å²) in [6.45, 7) is 9.62. The zero-order valence-electron chi connectivity index (χ0n) is 22.3. The first kappa shape index (κ1) is 25.8. The molecule has 9 nitrogen and oxygen atoms in total.